The molecule has 4 heteroatoms. The van der Waals surface area contributed by atoms with Crippen LogP contribution in [0.15, 0.2) is 12.3 Å². The number of hydrogen-bond acceptors (Lipinski definition) is 3. The highest BCUT2D eigenvalue weighted by atomic mass is 16.5. The molecule has 0 radical (unpaired) electrons. The van der Waals surface area contributed by atoms with Gasteiger partial charge in [-0.3, -0.25) is 4.68 Å². The Morgan fingerprint density at radius 2 is 2.28 bits per heavy atom. The SMILES string of the molecule is COCCn1nccc1C1(O)CC(C)CCC1C. The first kappa shape index (κ1) is 13.6. The molecule has 2 rings (SSSR count). The van der Waals surface area contributed by atoms with Crippen LogP contribution in [0.4, 0.5) is 0 Å². The summed E-state index contributed by atoms with van der Waals surface area (Å²) >= 11 is 0. The van der Waals surface area contributed by atoms with E-state index in [1.807, 2.05) is 10.7 Å². The Bertz CT molecular complexity index is 391. The Morgan fingerprint density at radius 3 is 3.00 bits per heavy atom. The third-order valence-corrected chi connectivity index (χ3v) is 4.23. The number of methoxy groups -OCH3 is 1. The maximum absolute atomic E-state index is 11.0. The summed E-state index contributed by atoms with van der Waals surface area (Å²) in [4.78, 5) is 0. The molecular weight excluding hydrogens is 228 g/mol. The molecule has 1 fully saturated rings. The maximum Gasteiger partial charge on any atom is 0.109 e. The first-order chi connectivity index (χ1) is 8.58. The third-order valence-electron chi connectivity index (χ3n) is 4.23. The van der Waals surface area contributed by atoms with Crippen molar-refractivity contribution in [1.29, 1.82) is 0 Å². The molecule has 0 saturated heterocycles. The minimum absolute atomic E-state index is 0.284. The van der Waals surface area contributed by atoms with Crippen molar-refractivity contribution in [3.8, 4) is 0 Å². The van der Waals surface area contributed by atoms with Crippen LogP contribution >= 0.6 is 0 Å². The van der Waals surface area contributed by atoms with Crippen molar-refractivity contribution < 1.29 is 9.84 Å². The second-order valence-corrected chi connectivity index (χ2v) is 5.64. The van der Waals surface area contributed by atoms with Crippen LogP contribution < -0.4 is 0 Å². The molecule has 1 aliphatic rings. The van der Waals surface area contributed by atoms with Crippen molar-refractivity contribution in [3.05, 3.63) is 18.0 Å². The minimum atomic E-state index is -0.734. The summed E-state index contributed by atoms with van der Waals surface area (Å²) in [5.74, 6) is 0.851. The van der Waals surface area contributed by atoms with Crippen LogP contribution in [0, 0.1) is 11.8 Å². The fraction of sp³-hybridized carbons (Fsp3) is 0.786. The molecule has 3 atom stereocenters. The topological polar surface area (TPSA) is 47.3 Å². The molecule has 102 valence electrons. The molecule has 1 aliphatic carbocycles. The van der Waals surface area contributed by atoms with Gasteiger partial charge in [-0.05, 0) is 30.7 Å². The van der Waals surface area contributed by atoms with Gasteiger partial charge in [-0.25, -0.2) is 0 Å². The summed E-state index contributed by atoms with van der Waals surface area (Å²) < 4.78 is 6.98. The molecule has 1 heterocycles. The van der Waals surface area contributed by atoms with E-state index in [2.05, 4.69) is 18.9 Å². The molecule has 0 spiro atoms. The van der Waals surface area contributed by atoms with Gasteiger partial charge < -0.3 is 9.84 Å². The van der Waals surface area contributed by atoms with Crippen LogP contribution in [0.2, 0.25) is 0 Å². The summed E-state index contributed by atoms with van der Waals surface area (Å²) in [6.45, 7) is 5.67. The van der Waals surface area contributed by atoms with Gasteiger partial charge in [-0.1, -0.05) is 20.3 Å². The zero-order valence-corrected chi connectivity index (χ0v) is 11.6. The smallest absolute Gasteiger partial charge is 0.109 e. The number of ether oxygens (including phenoxy) is 1. The van der Waals surface area contributed by atoms with E-state index in [0.29, 0.717) is 19.1 Å². The molecule has 18 heavy (non-hydrogen) atoms. The van der Waals surface area contributed by atoms with Crippen molar-refractivity contribution in [2.75, 3.05) is 13.7 Å². The van der Waals surface area contributed by atoms with Gasteiger partial charge in [0.15, 0.2) is 0 Å². The van der Waals surface area contributed by atoms with Crippen LogP contribution in [0.5, 0.6) is 0 Å². The molecule has 4 nitrogen and oxygen atoms in total. The van der Waals surface area contributed by atoms with E-state index >= 15 is 0 Å². The van der Waals surface area contributed by atoms with E-state index in [1.54, 1.807) is 13.3 Å². The van der Waals surface area contributed by atoms with E-state index < -0.39 is 5.60 Å². The maximum atomic E-state index is 11.0. The molecule has 1 saturated carbocycles. The number of rotatable bonds is 4. The molecule has 1 aromatic rings. The number of nitrogens with zero attached hydrogens (tertiary/aromatic N) is 2. The van der Waals surface area contributed by atoms with Crippen molar-refractivity contribution in [1.82, 2.24) is 9.78 Å². The van der Waals surface area contributed by atoms with E-state index in [9.17, 15) is 5.11 Å². The molecular formula is C14H24N2O2. The van der Waals surface area contributed by atoms with Gasteiger partial charge in [0.2, 0.25) is 0 Å². The number of hydrogen-bond donors (Lipinski definition) is 1. The zero-order chi connectivity index (χ0) is 13.2. The number of aromatic nitrogens is 2. The summed E-state index contributed by atoms with van der Waals surface area (Å²) in [6.07, 6.45) is 4.88. The normalized spacial score (nSPS) is 32.7. The van der Waals surface area contributed by atoms with Crippen LogP contribution in [-0.4, -0.2) is 28.6 Å². The number of aliphatic hydroxyl groups is 1. The molecule has 3 unspecified atom stereocenters. The predicted octanol–water partition coefficient (Wildman–Crippen LogP) is 2.17. The predicted molar refractivity (Wildman–Crippen MR) is 70.2 cm³/mol. The minimum Gasteiger partial charge on any atom is -0.383 e. The lowest BCUT2D eigenvalue weighted by molar-refractivity contribution is -0.0698. The lowest BCUT2D eigenvalue weighted by Crippen LogP contribution is -2.41. The van der Waals surface area contributed by atoms with E-state index in [1.165, 1.54) is 6.42 Å². The Kier molecular flexibility index (Phi) is 4.07. The Labute approximate surface area is 109 Å². The molecule has 1 aromatic heterocycles. The summed E-state index contributed by atoms with van der Waals surface area (Å²) in [7, 11) is 1.68. The quantitative estimate of drug-likeness (QED) is 0.893. The van der Waals surface area contributed by atoms with E-state index in [-0.39, 0.29) is 5.92 Å². The van der Waals surface area contributed by atoms with E-state index in [0.717, 1.165) is 18.5 Å². The third kappa shape index (κ3) is 2.45. The molecule has 0 aromatic carbocycles. The summed E-state index contributed by atoms with van der Waals surface area (Å²) in [6, 6.07) is 1.95. The lowest BCUT2D eigenvalue weighted by atomic mass is 9.70. The van der Waals surface area contributed by atoms with Crippen LogP contribution in [-0.2, 0) is 16.9 Å². The highest BCUT2D eigenvalue weighted by molar-refractivity contribution is 5.15. The average molecular weight is 252 g/mol. The second kappa shape index (κ2) is 5.41. The van der Waals surface area contributed by atoms with Gasteiger partial charge in [0.05, 0.1) is 18.8 Å². The van der Waals surface area contributed by atoms with Gasteiger partial charge >= 0.3 is 0 Å². The van der Waals surface area contributed by atoms with Gasteiger partial charge in [-0.15, -0.1) is 0 Å². The highest BCUT2D eigenvalue weighted by Crippen LogP contribution is 2.43. The van der Waals surface area contributed by atoms with Gasteiger partial charge in [-0.2, -0.15) is 5.10 Å². The largest absolute Gasteiger partial charge is 0.383 e. The first-order valence-electron chi connectivity index (χ1n) is 6.81. The first-order valence-corrected chi connectivity index (χ1v) is 6.81. The Hall–Kier alpha value is -0.870. The van der Waals surface area contributed by atoms with Crippen molar-refractivity contribution in [3.63, 3.8) is 0 Å². The van der Waals surface area contributed by atoms with Crippen LogP contribution in [0.3, 0.4) is 0 Å². The van der Waals surface area contributed by atoms with Gasteiger partial charge in [0.25, 0.3) is 0 Å². The zero-order valence-electron chi connectivity index (χ0n) is 11.6. The summed E-state index contributed by atoms with van der Waals surface area (Å²) in [5, 5.41) is 15.4. The molecule has 0 aliphatic heterocycles. The molecule has 0 bridgehead atoms. The Morgan fingerprint density at radius 1 is 1.50 bits per heavy atom. The standard InChI is InChI=1S/C14H24N2O2/c1-11-4-5-12(2)14(17,10-11)13-6-7-15-16(13)8-9-18-3/h6-7,11-12,17H,4-5,8-10H2,1-3H3. The monoisotopic (exact) mass is 252 g/mol. The second-order valence-electron chi connectivity index (χ2n) is 5.64. The molecule has 1 N–H and O–H groups in total. The fourth-order valence-electron chi connectivity index (χ4n) is 3.02. The molecule has 0 amide bonds. The van der Waals surface area contributed by atoms with Crippen LogP contribution in [0.1, 0.15) is 38.8 Å². The van der Waals surface area contributed by atoms with E-state index in [4.69, 9.17) is 4.74 Å². The van der Waals surface area contributed by atoms with Crippen LogP contribution in [0.25, 0.3) is 0 Å². The Balaban J connectivity index is 2.25. The summed E-state index contributed by atoms with van der Waals surface area (Å²) in [5.41, 5.74) is 0.209. The van der Waals surface area contributed by atoms with Gasteiger partial charge in [0.1, 0.15) is 5.60 Å². The van der Waals surface area contributed by atoms with Crippen molar-refractivity contribution in [2.24, 2.45) is 11.8 Å². The fourth-order valence-corrected chi connectivity index (χ4v) is 3.02. The lowest BCUT2D eigenvalue weighted by Gasteiger charge is -2.41. The van der Waals surface area contributed by atoms with Gasteiger partial charge in [0, 0.05) is 13.3 Å². The van der Waals surface area contributed by atoms with Crippen molar-refractivity contribution >= 4 is 0 Å². The average Bonchev–Trinajstić information content (AvgIpc) is 2.80. The highest BCUT2D eigenvalue weighted by Gasteiger charge is 2.42. The van der Waals surface area contributed by atoms with Crippen molar-refractivity contribution in [2.45, 2.75) is 45.3 Å².